The van der Waals surface area contributed by atoms with Crippen molar-refractivity contribution in [3.05, 3.63) is 70.5 Å². The number of hydrogen-bond donors (Lipinski definition) is 1. The summed E-state index contributed by atoms with van der Waals surface area (Å²) >= 11 is 0. The zero-order valence-electron chi connectivity index (χ0n) is 11.3. The van der Waals surface area contributed by atoms with Gasteiger partial charge in [0.15, 0.2) is 0 Å². The van der Waals surface area contributed by atoms with Crippen molar-refractivity contribution in [2.45, 2.75) is 18.4 Å². The average molecular weight is 337 g/mol. The molecule has 0 aliphatic heterocycles. The summed E-state index contributed by atoms with van der Waals surface area (Å²) < 4.78 is 89.0. The van der Waals surface area contributed by atoms with Crippen LogP contribution in [0.4, 0.5) is 30.7 Å². The molecule has 0 radical (unpaired) electrons. The first-order chi connectivity index (χ1) is 10.5. The molecule has 1 nitrogen and oxygen atoms in total. The third kappa shape index (κ3) is 3.82. The lowest BCUT2D eigenvalue weighted by Crippen LogP contribution is -2.15. The van der Waals surface area contributed by atoms with E-state index in [4.69, 9.17) is 5.73 Å². The first kappa shape index (κ1) is 17.3. The Morgan fingerprint density at radius 2 is 1.39 bits per heavy atom. The van der Waals surface area contributed by atoms with Gasteiger partial charge in [0.25, 0.3) is 0 Å². The molecule has 8 heteroatoms. The predicted molar refractivity (Wildman–Crippen MR) is 68.9 cm³/mol. The van der Waals surface area contributed by atoms with E-state index in [0.717, 1.165) is 24.3 Å². The SMILES string of the molecule is NC(c1cccc(C(F)(F)F)c1)c1ccc(C(F)(F)F)c(F)c1. The molecule has 0 spiro atoms. The van der Waals surface area contributed by atoms with Gasteiger partial charge in [0, 0.05) is 0 Å². The Bertz CT molecular complexity index is 704. The van der Waals surface area contributed by atoms with Gasteiger partial charge in [0.05, 0.1) is 17.2 Å². The molecule has 2 N–H and O–H groups in total. The second kappa shape index (κ2) is 5.84. The van der Waals surface area contributed by atoms with Crippen LogP contribution in [-0.2, 0) is 12.4 Å². The minimum absolute atomic E-state index is 0.0129. The molecule has 1 atom stereocenters. The van der Waals surface area contributed by atoms with E-state index in [1.165, 1.54) is 6.07 Å². The van der Waals surface area contributed by atoms with E-state index in [-0.39, 0.29) is 11.1 Å². The van der Waals surface area contributed by atoms with Crippen molar-refractivity contribution in [1.82, 2.24) is 0 Å². The Labute approximate surface area is 126 Å². The van der Waals surface area contributed by atoms with Gasteiger partial charge < -0.3 is 5.73 Å². The maximum absolute atomic E-state index is 13.5. The summed E-state index contributed by atoms with van der Waals surface area (Å²) in [5.41, 5.74) is 3.29. The van der Waals surface area contributed by atoms with E-state index in [0.29, 0.717) is 12.1 Å². The van der Waals surface area contributed by atoms with Crippen molar-refractivity contribution in [2.24, 2.45) is 5.73 Å². The summed E-state index contributed by atoms with van der Waals surface area (Å²) in [6.45, 7) is 0. The second-order valence-corrected chi connectivity index (χ2v) is 4.84. The van der Waals surface area contributed by atoms with E-state index in [2.05, 4.69) is 0 Å². The molecule has 0 heterocycles. The third-order valence-corrected chi connectivity index (χ3v) is 3.23. The van der Waals surface area contributed by atoms with Crippen LogP contribution in [0.3, 0.4) is 0 Å². The molecule has 0 bridgehead atoms. The quantitative estimate of drug-likeness (QED) is 0.774. The van der Waals surface area contributed by atoms with Gasteiger partial charge in [-0.3, -0.25) is 0 Å². The monoisotopic (exact) mass is 337 g/mol. The Balaban J connectivity index is 2.38. The maximum atomic E-state index is 13.5. The van der Waals surface area contributed by atoms with Crippen LogP contribution in [0, 0.1) is 5.82 Å². The first-order valence-corrected chi connectivity index (χ1v) is 6.29. The average Bonchev–Trinajstić information content (AvgIpc) is 2.44. The van der Waals surface area contributed by atoms with E-state index in [9.17, 15) is 30.7 Å². The topological polar surface area (TPSA) is 26.0 Å². The summed E-state index contributed by atoms with van der Waals surface area (Å²) in [6.07, 6.45) is -9.44. The van der Waals surface area contributed by atoms with Crippen LogP contribution < -0.4 is 5.73 Å². The first-order valence-electron chi connectivity index (χ1n) is 6.29. The summed E-state index contributed by atoms with van der Waals surface area (Å²) in [7, 11) is 0. The minimum Gasteiger partial charge on any atom is -0.320 e. The molecule has 0 aliphatic rings. The van der Waals surface area contributed by atoms with E-state index in [1.807, 2.05) is 0 Å². The van der Waals surface area contributed by atoms with Crippen molar-refractivity contribution in [3.8, 4) is 0 Å². The highest BCUT2D eigenvalue weighted by Crippen LogP contribution is 2.34. The molecule has 0 fully saturated rings. The number of hydrogen-bond acceptors (Lipinski definition) is 1. The Kier molecular flexibility index (Phi) is 4.39. The largest absolute Gasteiger partial charge is 0.419 e. The molecule has 0 amide bonds. The van der Waals surface area contributed by atoms with Crippen LogP contribution in [0.2, 0.25) is 0 Å². The molecule has 1 unspecified atom stereocenters. The Hall–Kier alpha value is -2.09. The van der Waals surface area contributed by atoms with Crippen molar-refractivity contribution in [3.63, 3.8) is 0 Å². The molecule has 2 aromatic carbocycles. The standard InChI is InChI=1S/C15H10F7N/c16-12-7-9(4-5-11(12)15(20,21)22)13(23)8-2-1-3-10(6-8)14(17,18)19/h1-7,13H,23H2. The molecule has 0 aliphatic carbocycles. The van der Waals surface area contributed by atoms with Crippen molar-refractivity contribution in [1.29, 1.82) is 0 Å². The Morgan fingerprint density at radius 1 is 0.783 bits per heavy atom. The van der Waals surface area contributed by atoms with Crippen LogP contribution in [0.15, 0.2) is 42.5 Å². The smallest absolute Gasteiger partial charge is 0.320 e. The fourth-order valence-corrected chi connectivity index (χ4v) is 2.06. The molecule has 0 saturated heterocycles. The van der Waals surface area contributed by atoms with Gasteiger partial charge in [-0.1, -0.05) is 18.2 Å². The molecule has 2 aromatic rings. The van der Waals surface area contributed by atoms with E-state index >= 15 is 0 Å². The summed E-state index contributed by atoms with van der Waals surface area (Å²) in [5.74, 6) is -1.53. The molecular weight excluding hydrogens is 327 g/mol. The lowest BCUT2D eigenvalue weighted by Gasteiger charge is -2.16. The molecular formula is C15H10F7N. The minimum atomic E-state index is -4.86. The molecule has 0 saturated carbocycles. The Morgan fingerprint density at radius 3 is 1.91 bits per heavy atom. The third-order valence-electron chi connectivity index (χ3n) is 3.23. The molecule has 23 heavy (non-hydrogen) atoms. The van der Waals surface area contributed by atoms with Gasteiger partial charge in [-0.25, -0.2) is 4.39 Å². The van der Waals surface area contributed by atoms with Gasteiger partial charge in [-0.05, 0) is 35.4 Å². The molecule has 0 aromatic heterocycles. The lowest BCUT2D eigenvalue weighted by atomic mass is 9.96. The van der Waals surface area contributed by atoms with Crippen LogP contribution in [0.25, 0.3) is 0 Å². The van der Waals surface area contributed by atoms with Gasteiger partial charge in [-0.2, -0.15) is 26.3 Å². The summed E-state index contributed by atoms with van der Waals surface area (Å²) in [6, 6.07) is 4.87. The highest BCUT2D eigenvalue weighted by molar-refractivity contribution is 5.37. The van der Waals surface area contributed by atoms with Gasteiger partial charge in [0.1, 0.15) is 5.82 Å². The van der Waals surface area contributed by atoms with Gasteiger partial charge in [-0.15, -0.1) is 0 Å². The number of halogens is 7. The van der Waals surface area contributed by atoms with Crippen LogP contribution in [-0.4, -0.2) is 0 Å². The van der Waals surface area contributed by atoms with Crippen molar-refractivity contribution < 1.29 is 30.7 Å². The van der Waals surface area contributed by atoms with Crippen molar-refractivity contribution >= 4 is 0 Å². The maximum Gasteiger partial charge on any atom is 0.419 e. The number of alkyl halides is 6. The highest BCUT2D eigenvalue weighted by atomic mass is 19.4. The summed E-state index contributed by atoms with van der Waals surface area (Å²) in [4.78, 5) is 0. The fraction of sp³-hybridized carbons (Fsp3) is 0.200. The lowest BCUT2D eigenvalue weighted by molar-refractivity contribution is -0.140. The number of rotatable bonds is 2. The van der Waals surface area contributed by atoms with Crippen LogP contribution >= 0.6 is 0 Å². The predicted octanol–water partition coefficient (Wildman–Crippen LogP) is 4.91. The van der Waals surface area contributed by atoms with E-state index < -0.39 is 35.3 Å². The zero-order chi connectivity index (χ0) is 17.4. The zero-order valence-corrected chi connectivity index (χ0v) is 11.3. The van der Waals surface area contributed by atoms with Crippen LogP contribution in [0.5, 0.6) is 0 Å². The number of nitrogens with two attached hydrogens (primary N) is 1. The van der Waals surface area contributed by atoms with Crippen molar-refractivity contribution in [2.75, 3.05) is 0 Å². The highest BCUT2D eigenvalue weighted by Gasteiger charge is 2.34. The fourth-order valence-electron chi connectivity index (χ4n) is 2.06. The van der Waals surface area contributed by atoms with Gasteiger partial charge >= 0.3 is 12.4 Å². The van der Waals surface area contributed by atoms with Crippen LogP contribution in [0.1, 0.15) is 28.3 Å². The normalized spacial score (nSPS) is 13.9. The van der Waals surface area contributed by atoms with Gasteiger partial charge in [0.2, 0.25) is 0 Å². The second-order valence-electron chi connectivity index (χ2n) is 4.84. The number of benzene rings is 2. The summed E-state index contributed by atoms with van der Waals surface area (Å²) in [5, 5.41) is 0. The van der Waals surface area contributed by atoms with E-state index in [1.54, 1.807) is 0 Å². The molecule has 2 rings (SSSR count). The molecule has 124 valence electrons.